The molecular weight excluding hydrogens is 407 g/mol. The quantitative estimate of drug-likeness (QED) is 0.770. The topological polar surface area (TPSA) is 87.6 Å². The van der Waals surface area contributed by atoms with Gasteiger partial charge >= 0.3 is 6.18 Å². The smallest absolute Gasteiger partial charge is 0.326 e. The van der Waals surface area contributed by atoms with Gasteiger partial charge in [-0.2, -0.15) is 13.2 Å². The number of nitrogens with one attached hydrogen (secondary N) is 2. The minimum atomic E-state index is -4.44. The van der Waals surface area contributed by atoms with Crippen LogP contribution in [0, 0.1) is 0 Å². The van der Waals surface area contributed by atoms with E-state index in [9.17, 15) is 26.4 Å². The van der Waals surface area contributed by atoms with Gasteiger partial charge in [-0.3, -0.25) is 14.5 Å². The Balaban J connectivity index is 1.66. The summed E-state index contributed by atoms with van der Waals surface area (Å²) in [7, 11) is -3.82. The molecule has 1 aliphatic rings. The van der Waals surface area contributed by atoms with E-state index < -0.39 is 27.7 Å². The number of halogens is 3. The van der Waals surface area contributed by atoms with Gasteiger partial charge in [0.05, 0.1) is 16.9 Å². The SMILES string of the molecule is O=C(Cc1ccc(C(F)(F)F)cc1)Nc1cccc(S(=O)(=O)NC2=NCCC2)c1. The molecule has 2 aromatic rings. The van der Waals surface area contributed by atoms with E-state index in [0.29, 0.717) is 24.4 Å². The van der Waals surface area contributed by atoms with Crippen molar-refractivity contribution < 1.29 is 26.4 Å². The summed E-state index contributed by atoms with van der Waals surface area (Å²) < 4.78 is 65.1. The fourth-order valence-electron chi connectivity index (χ4n) is 2.78. The maximum atomic E-state index is 12.6. The van der Waals surface area contributed by atoms with Gasteiger partial charge in [-0.05, 0) is 42.3 Å². The molecule has 1 aliphatic heterocycles. The number of sulfonamides is 1. The first-order valence-electron chi connectivity index (χ1n) is 8.76. The number of benzene rings is 2. The lowest BCUT2D eigenvalue weighted by molar-refractivity contribution is -0.137. The summed E-state index contributed by atoms with van der Waals surface area (Å²) in [6, 6.07) is 9.99. The minimum Gasteiger partial charge on any atom is -0.326 e. The second-order valence-electron chi connectivity index (χ2n) is 6.48. The summed E-state index contributed by atoms with van der Waals surface area (Å²) in [5.41, 5.74) is -0.128. The van der Waals surface area contributed by atoms with E-state index in [1.54, 1.807) is 0 Å². The highest BCUT2D eigenvalue weighted by molar-refractivity contribution is 7.90. The number of aliphatic imine (C=N–C) groups is 1. The highest BCUT2D eigenvalue weighted by atomic mass is 32.2. The van der Waals surface area contributed by atoms with Crippen molar-refractivity contribution in [2.75, 3.05) is 11.9 Å². The van der Waals surface area contributed by atoms with Gasteiger partial charge in [0.15, 0.2) is 0 Å². The highest BCUT2D eigenvalue weighted by Crippen LogP contribution is 2.29. The summed E-state index contributed by atoms with van der Waals surface area (Å²) in [5.74, 6) is -0.0748. The molecule has 2 aromatic carbocycles. The van der Waals surface area contributed by atoms with E-state index in [4.69, 9.17) is 0 Å². The number of rotatable bonds is 5. The lowest BCUT2D eigenvalue weighted by Crippen LogP contribution is -2.29. The predicted octanol–water partition coefficient (Wildman–Crippen LogP) is 3.36. The zero-order chi connectivity index (χ0) is 21.1. The van der Waals surface area contributed by atoms with Crippen LogP contribution in [-0.2, 0) is 27.4 Å². The van der Waals surface area contributed by atoms with E-state index in [-0.39, 0.29) is 17.0 Å². The molecule has 6 nitrogen and oxygen atoms in total. The molecule has 0 aromatic heterocycles. The van der Waals surface area contributed by atoms with Crippen molar-refractivity contribution in [1.82, 2.24) is 4.72 Å². The van der Waals surface area contributed by atoms with E-state index >= 15 is 0 Å². The molecule has 1 amide bonds. The molecule has 29 heavy (non-hydrogen) atoms. The van der Waals surface area contributed by atoms with Crippen LogP contribution >= 0.6 is 0 Å². The molecule has 0 aliphatic carbocycles. The first kappa shape index (κ1) is 20.8. The standard InChI is InChI=1S/C19H18F3N3O3S/c20-19(21,22)14-8-6-13(7-9-14)11-18(26)24-15-3-1-4-16(12-15)29(27,28)25-17-5-2-10-23-17/h1,3-4,6-9,12H,2,5,10-11H2,(H,23,25)(H,24,26). The molecule has 0 unspecified atom stereocenters. The largest absolute Gasteiger partial charge is 0.416 e. The average molecular weight is 425 g/mol. The van der Waals surface area contributed by atoms with Crippen LogP contribution in [0.4, 0.5) is 18.9 Å². The lowest BCUT2D eigenvalue weighted by atomic mass is 10.1. The summed E-state index contributed by atoms with van der Waals surface area (Å²) in [4.78, 5) is 16.2. The number of nitrogens with zero attached hydrogens (tertiary/aromatic N) is 1. The van der Waals surface area contributed by atoms with E-state index in [2.05, 4.69) is 15.0 Å². The van der Waals surface area contributed by atoms with Gasteiger partial charge < -0.3 is 5.32 Å². The second-order valence-corrected chi connectivity index (χ2v) is 8.17. The van der Waals surface area contributed by atoms with E-state index in [0.717, 1.165) is 18.6 Å². The van der Waals surface area contributed by atoms with Crippen molar-refractivity contribution in [2.45, 2.75) is 30.3 Å². The molecule has 0 bridgehead atoms. The molecule has 0 fully saturated rings. The van der Waals surface area contributed by atoms with Crippen molar-refractivity contribution in [3.8, 4) is 0 Å². The molecule has 10 heteroatoms. The van der Waals surface area contributed by atoms with Gasteiger partial charge in [-0.1, -0.05) is 18.2 Å². The van der Waals surface area contributed by atoms with Crippen molar-refractivity contribution >= 4 is 27.5 Å². The monoisotopic (exact) mass is 425 g/mol. The zero-order valence-corrected chi connectivity index (χ0v) is 16.0. The van der Waals surface area contributed by atoms with Gasteiger partial charge in [0.25, 0.3) is 10.0 Å². The number of hydrogen-bond donors (Lipinski definition) is 2. The number of anilines is 1. The predicted molar refractivity (Wildman–Crippen MR) is 102 cm³/mol. The van der Waals surface area contributed by atoms with Crippen LogP contribution in [0.25, 0.3) is 0 Å². The van der Waals surface area contributed by atoms with Crippen molar-refractivity contribution in [1.29, 1.82) is 0 Å². The third-order valence-corrected chi connectivity index (χ3v) is 5.58. The van der Waals surface area contributed by atoms with Crippen LogP contribution in [0.1, 0.15) is 24.0 Å². The number of carbonyl (C=O) groups excluding carboxylic acids is 1. The van der Waals surface area contributed by atoms with Crippen LogP contribution < -0.4 is 10.0 Å². The Bertz CT molecular complexity index is 1030. The molecular formula is C19H18F3N3O3S. The van der Waals surface area contributed by atoms with Gasteiger partial charge in [0.1, 0.15) is 5.84 Å². The third-order valence-electron chi connectivity index (χ3n) is 4.20. The lowest BCUT2D eigenvalue weighted by Gasteiger charge is -2.10. The average Bonchev–Trinajstić information content (AvgIpc) is 3.14. The van der Waals surface area contributed by atoms with Crippen LogP contribution in [0.3, 0.4) is 0 Å². The molecule has 0 spiro atoms. The fraction of sp³-hybridized carbons (Fsp3) is 0.263. The molecule has 0 atom stereocenters. The summed E-state index contributed by atoms with van der Waals surface area (Å²) in [6.07, 6.45) is -3.24. The number of amidine groups is 1. The first-order chi connectivity index (χ1) is 13.6. The Labute approximate surface area is 165 Å². The fourth-order valence-corrected chi connectivity index (χ4v) is 3.91. The molecule has 0 saturated heterocycles. The minimum absolute atomic E-state index is 0.0283. The van der Waals surface area contributed by atoms with Gasteiger partial charge in [0.2, 0.25) is 5.91 Å². The third kappa shape index (κ3) is 5.57. The summed E-state index contributed by atoms with van der Waals surface area (Å²) in [5, 5.41) is 2.56. The molecule has 2 N–H and O–H groups in total. The maximum Gasteiger partial charge on any atom is 0.416 e. The molecule has 1 heterocycles. The normalized spacial score (nSPS) is 14.4. The zero-order valence-electron chi connectivity index (χ0n) is 15.2. The van der Waals surface area contributed by atoms with Gasteiger partial charge in [-0.15, -0.1) is 0 Å². The number of carbonyl (C=O) groups is 1. The Kier molecular flexibility index (Phi) is 5.92. The molecule has 0 radical (unpaired) electrons. The van der Waals surface area contributed by atoms with Gasteiger partial charge in [-0.25, -0.2) is 8.42 Å². The van der Waals surface area contributed by atoms with Crippen molar-refractivity contribution in [3.63, 3.8) is 0 Å². The number of hydrogen-bond acceptors (Lipinski definition) is 4. The Hall–Kier alpha value is -2.88. The van der Waals surface area contributed by atoms with E-state index in [1.165, 1.54) is 36.4 Å². The maximum absolute atomic E-state index is 12.6. The Morgan fingerprint density at radius 3 is 2.45 bits per heavy atom. The number of amides is 1. The highest BCUT2D eigenvalue weighted by Gasteiger charge is 2.30. The van der Waals surface area contributed by atoms with Crippen molar-refractivity contribution in [3.05, 3.63) is 59.7 Å². The van der Waals surface area contributed by atoms with Crippen LogP contribution in [0.15, 0.2) is 58.4 Å². The Morgan fingerprint density at radius 1 is 1.10 bits per heavy atom. The van der Waals surface area contributed by atoms with Crippen molar-refractivity contribution in [2.24, 2.45) is 4.99 Å². The molecule has 154 valence electrons. The number of alkyl halides is 3. The summed E-state index contributed by atoms with van der Waals surface area (Å²) >= 11 is 0. The van der Waals surface area contributed by atoms with E-state index in [1.807, 2.05) is 0 Å². The summed E-state index contributed by atoms with van der Waals surface area (Å²) in [6.45, 7) is 0.581. The van der Waals surface area contributed by atoms with Crippen LogP contribution in [-0.4, -0.2) is 26.7 Å². The molecule has 3 rings (SSSR count). The Morgan fingerprint density at radius 2 is 1.83 bits per heavy atom. The second kappa shape index (κ2) is 8.24. The first-order valence-corrected chi connectivity index (χ1v) is 10.2. The van der Waals surface area contributed by atoms with Crippen LogP contribution in [0.2, 0.25) is 0 Å². The van der Waals surface area contributed by atoms with Gasteiger partial charge in [0, 0.05) is 18.7 Å². The van der Waals surface area contributed by atoms with Crippen LogP contribution in [0.5, 0.6) is 0 Å². The molecule has 0 saturated carbocycles.